The summed E-state index contributed by atoms with van der Waals surface area (Å²) in [5.74, 6) is 0.937. The van der Waals surface area contributed by atoms with E-state index in [1.54, 1.807) is 7.11 Å². The first kappa shape index (κ1) is 8.70. The fourth-order valence-electron chi connectivity index (χ4n) is 1.71. The van der Waals surface area contributed by atoms with Crippen LogP contribution in [-0.2, 0) is 6.42 Å². The Balaban J connectivity index is 2.52. The van der Waals surface area contributed by atoms with Crippen LogP contribution >= 0.6 is 11.6 Å². The van der Waals surface area contributed by atoms with Crippen molar-refractivity contribution >= 4 is 17.3 Å². The van der Waals surface area contributed by atoms with Gasteiger partial charge < -0.3 is 10.1 Å². The third kappa shape index (κ3) is 1.46. The summed E-state index contributed by atoms with van der Waals surface area (Å²) in [7, 11) is 1.69. The Bertz CT molecular complexity index is 325. The Labute approximate surface area is 82.9 Å². The van der Waals surface area contributed by atoms with Gasteiger partial charge in [-0.2, -0.15) is 0 Å². The van der Waals surface area contributed by atoms with Gasteiger partial charge in [0.2, 0.25) is 0 Å². The highest BCUT2D eigenvalue weighted by Crippen LogP contribution is 2.36. The minimum atomic E-state index is 0.788. The predicted molar refractivity (Wildman–Crippen MR) is 54.8 cm³/mol. The molecule has 0 spiro atoms. The summed E-state index contributed by atoms with van der Waals surface area (Å²) >= 11 is 6.05. The molecule has 0 bridgehead atoms. The third-order valence-electron chi connectivity index (χ3n) is 2.34. The zero-order valence-electron chi connectivity index (χ0n) is 7.56. The van der Waals surface area contributed by atoms with E-state index in [1.807, 2.05) is 12.1 Å². The van der Waals surface area contributed by atoms with Crippen LogP contribution in [0, 0.1) is 0 Å². The van der Waals surface area contributed by atoms with E-state index in [0.717, 1.165) is 35.8 Å². The molecular weight excluding hydrogens is 186 g/mol. The Hall–Kier alpha value is -0.890. The minimum absolute atomic E-state index is 0.788. The van der Waals surface area contributed by atoms with E-state index in [9.17, 15) is 0 Å². The number of fused-ring (bicyclic) bond motifs is 1. The molecule has 1 N–H and O–H groups in total. The molecule has 0 aliphatic carbocycles. The highest BCUT2D eigenvalue weighted by molar-refractivity contribution is 6.33. The van der Waals surface area contributed by atoms with Gasteiger partial charge in [-0.15, -0.1) is 0 Å². The third-order valence-corrected chi connectivity index (χ3v) is 2.66. The van der Waals surface area contributed by atoms with Gasteiger partial charge in [-0.05, 0) is 25.0 Å². The topological polar surface area (TPSA) is 21.3 Å². The highest BCUT2D eigenvalue weighted by Gasteiger charge is 2.15. The van der Waals surface area contributed by atoms with Crippen molar-refractivity contribution in [1.82, 2.24) is 0 Å². The molecule has 0 atom stereocenters. The van der Waals surface area contributed by atoms with Crippen molar-refractivity contribution in [2.24, 2.45) is 0 Å². The highest BCUT2D eigenvalue weighted by atomic mass is 35.5. The maximum absolute atomic E-state index is 6.05. The fourth-order valence-corrected chi connectivity index (χ4v) is 1.95. The molecule has 2 rings (SSSR count). The number of hydrogen-bond donors (Lipinski definition) is 1. The van der Waals surface area contributed by atoms with E-state index in [0.29, 0.717) is 0 Å². The van der Waals surface area contributed by atoms with Crippen LogP contribution in [0.1, 0.15) is 12.0 Å². The lowest BCUT2D eigenvalue weighted by atomic mass is 10.0. The first-order chi connectivity index (χ1) is 6.33. The second-order valence-corrected chi connectivity index (χ2v) is 3.54. The van der Waals surface area contributed by atoms with Gasteiger partial charge in [0.15, 0.2) is 0 Å². The summed E-state index contributed by atoms with van der Waals surface area (Å²) in [6, 6.07) is 3.80. The van der Waals surface area contributed by atoms with Crippen molar-refractivity contribution < 1.29 is 4.74 Å². The van der Waals surface area contributed by atoms with Crippen molar-refractivity contribution in [3.63, 3.8) is 0 Å². The lowest BCUT2D eigenvalue weighted by Crippen LogP contribution is -2.13. The number of anilines is 1. The van der Waals surface area contributed by atoms with Gasteiger partial charge in [-0.1, -0.05) is 11.6 Å². The van der Waals surface area contributed by atoms with E-state index >= 15 is 0 Å². The number of benzene rings is 1. The van der Waals surface area contributed by atoms with Crippen LogP contribution in [0.5, 0.6) is 5.75 Å². The van der Waals surface area contributed by atoms with Crippen LogP contribution in [0.2, 0.25) is 5.02 Å². The Morgan fingerprint density at radius 2 is 2.31 bits per heavy atom. The molecule has 1 aromatic rings. The van der Waals surface area contributed by atoms with E-state index < -0.39 is 0 Å². The molecular formula is C10H12ClNO. The zero-order valence-corrected chi connectivity index (χ0v) is 8.32. The van der Waals surface area contributed by atoms with Crippen molar-refractivity contribution in [1.29, 1.82) is 0 Å². The molecule has 2 nitrogen and oxygen atoms in total. The number of ether oxygens (including phenoxy) is 1. The van der Waals surface area contributed by atoms with Crippen LogP contribution in [0.4, 0.5) is 5.69 Å². The predicted octanol–water partition coefficient (Wildman–Crippen LogP) is 2.71. The average molecular weight is 198 g/mol. The normalized spacial score (nSPS) is 14.6. The second kappa shape index (κ2) is 3.46. The number of methoxy groups -OCH3 is 1. The maximum atomic E-state index is 6.05. The molecule has 0 aromatic heterocycles. The standard InChI is InChI=1S/C10H12ClNO/c1-13-9-5-4-8(11)10-7(9)3-2-6-12-10/h4-5,12H,2-3,6H2,1H3. The summed E-state index contributed by atoms with van der Waals surface area (Å²) in [5, 5.41) is 4.08. The largest absolute Gasteiger partial charge is 0.496 e. The molecule has 70 valence electrons. The van der Waals surface area contributed by atoms with Gasteiger partial charge in [0.1, 0.15) is 5.75 Å². The molecule has 13 heavy (non-hydrogen) atoms. The van der Waals surface area contributed by atoms with Crippen molar-refractivity contribution in [2.45, 2.75) is 12.8 Å². The van der Waals surface area contributed by atoms with Gasteiger partial charge in [0, 0.05) is 12.1 Å². The summed E-state index contributed by atoms with van der Waals surface area (Å²) in [5.41, 5.74) is 2.26. The van der Waals surface area contributed by atoms with Crippen LogP contribution in [-0.4, -0.2) is 13.7 Å². The molecule has 0 radical (unpaired) electrons. The molecule has 0 fully saturated rings. The molecule has 1 aliphatic heterocycles. The zero-order chi connectivity index (χ0) is 9.26. The Morgan fingerprint density at radius 3 is 3.08 bits per heavy atom. The molecule has 0 amide bonds. The van der Waals surface area contributed by atoms with Crippen molar-refractivity contribution in [3.8, 4) is 5.75 Å². The number of nitrogens with one attached hydrogen (secondary N) is 1. The Kier molecular flexibility index (Phi) is 2.32. The Morgan fingerprint density at radius 1 is 1.46 bits per heavy atom. The van der Waals surface area contributed by atoms with Gasteiger partial charge in [-0.25, -0.2) is 0 Å². The van der Waals surface area contributed by atoms with E-state index in [-0.39, 0.29) is 0 Å². The minimum Gasteiger partial charge on any atom is -0.496 e. The molecule has 1 aromatic carbocycles. The SMILES string of the molecule is COc1ccc(Cl)c2c1CCCN2. The van der Waals surface area contributed by atoms with Gasteiger partial charge in [-0.3, -0.25) is 0 Å². The van der Waals surface area contributed by atoms with Crippen LogP contribution in [0.3, 0.4) is 0 Å². The van der Waals surface area contributed by atoms with Gasteiger partial charge >= 0.3 is 0 Å². The number of halogens is 1. The van der Waals surface area contributed by atoms with Crippen LogP contribution < -0.4 is 10.1 Å². The molecule has 0 saturated carbocycles. The first-order valence-electron chi connectivity index (χ1n) is 4.42. The van der Waals surface area contributed by atoms with E-state index in [4.69, 9.17) is 16.3 Å². The molecule has 3 heteroatoms. The number of rotatable bonds is 1. The summed E-state index contributed by atoms with van der Waals surface area (Å²) < 4.78 is 5.27. The molecule has 1 aliphatic rings. The monoisotopic (exact) mass is 197 g/mol. The van der Waals surface area contributed by atoms with Gasteiger partial charge in [0.05, 0.1) is 17.8 Å². The molecule has 0 saturated heterocycles. The lowest BCUT2D eigenvalue weighted by Gasteiger charge is -2.21. The van der Waals surface area contributed by atoms with Crippen molar-refractivity contribution in [2.75, 3.05) is 19.0 Å². The quantitative estimate of drug-likeness (QED) is 0.748. The van der Waals surface area contributed by atoms with E-state index in [2.05, 4.69) is 5.32 Å². The smallest absolute Gasteiger partial charge is 0.124 e. The average Bonchev–Trinajstić information content (AvgIpc) is 2.19. The molecule has 0 unspecified atom stereocenters. The maximum Gasteiger partial charge on any atom is 0.124 e. The summed E-state index contributed by atoms with van der Waals surface area (Å²) in [6.07, 6.45) is 2.19. The second-order valence-electron chi connectivity index (χ2n) is 3.13. The van der Waals surface area contributed by atoms with Crippen LogP contribution in [0.15, 0.2) is 12.1 Å². The number of hydrogen-bond acceptors (Lipinski definition) is 2. The first-order valence-corrected chi connectivity index (χ1v) is 4.80. The lowest BCUT2D eigenvalue weighted by molar-refractivity contribution is 0.409. The fraction of sp³-hybridized carbons (Fsp3) is 0.400. The van der Waals surface area contributed by atoms with Crippen LogP contribution in [0.25, 0.3) is 0 Å². The van der Waals surface area contributed by atoms with Gasteiger partial charge in [0.25, 0.3) is 0 Å². The molecule has 1 heterocycles. The van der Waals surface area contributed by atoms with E-state index in [1.165, 1.54) is 5.56 Å². The summed E-state index contributed by atoms with van der Waals surface area (Å²) in [4.78, 5) is 0. The van der Waals surface area contributed by atoms with Crippen molar-refractivity contribution in [3.05, 3.63) is 22.7 Å². The summed E-state index contributed by atoms with van der Waals surface area (Å²) in [6.45, 7) is 1.000.